The lowest BCUT2D eigenvalue weighted by molar-refractivity contribution is 0.297. The smallest absolute Gasteiger partial charge is 0.179 e. The zero-order valence-electron chi connectivity index (χ0n) is 8.16. The topological polar surface area (TPSA) is 44.5 Å². The Kier molecular flexibility index (Phi) is 4.51. The highest BCUT2D eigenvalue weighted by atomic mass is 35.5. The van der Waals surface area contributed by atoms with Gasteiger partial charge in [-0.3, -0.25) is 0 Å². The van der Waals surface area contributed by atoms with Crippen LogP contribution in [-0.2, 0) is 6.54 Å². The van der Waals surface area contributed by atoms with Crippen molar-refractivity contribution in [2.45, 2.75) is 13.0 Å². The second-order valence-electron chi connectivity index (χ2n) is 3.16. The zero-order chi connectivity index (χ0) is 9.97. The summed E-state index contributed by atoms with van der Waals surface area (Å²) in [5, 5.41) is 0.574. The van der Waals surface area contributed by atoms with Gasteiger partial charge in [-0.25, -0.2) is 0 Å². The van der Waals surface area contributed by atoms with E-state index in [9.17, 15) is 0 Å². The summed E-state index contributed by atoms with van der Waals surface area (Å²) in [5.41, 5.74) is 6.49. The van der Waals surface area contributed by atoms with Gasteiger partial charge < -0.3 is 15.2 Å². The molecule has 0 fully saturated rings. The third-order valence-electron chi connectivity index (χ3n) is 2.10. The molecule has 0 aromatic heterocycles. The fraction of sp³-hybridized carbons (Fsp3) is 0.400. The van der Waals surface area contributed by atoms with Crippen molar-refractivity contribution in [3.63, 3.8) is 0 Å². The lowest BCUT2D eigenvalue weighted by Gasteiger charge is -2.10. The van der Waals surface area contributed by atoms with E-state index in [0.29, 0.717) is 36.3 Å². The van der Waals surface area contributed by atoms with Crippen molar-refractivity contribution in [1.82, 2.24) is 0 Å². The predicted octanol–water partition coefficient (Wildman–Crippen LogP) is 2.38. The molecule has 2 N–H and O–H groups in total. The molecule has 0 spiro atoms. The standard InChI is InChI=1S/C10H12ClNO2.ClH/c11-8-4-7(6-12)5-9-10(8)14-3-1-2-13-9;/h4-5H,1-3,6,12H2;1H. The molecular weight excluding hydrogens is 237 g/mol. The lowest BCUT2D eigenvalue weighted by atomic mass is 10.2. The average molecular weight is 250 g/mol. The highest BCUT2D eigenvalue weighted by molar-refractivity contribution is 6.32. The first kappa shape index (κ1) is 12.4. The molecule has 0 saturated carbocycles. The van der Waals surface area contributed by atoms with Crippen LogP contribution in [0.2, 0.25) is 5.02 Å². The minimum Gasteiger partial charge on any atom is -0.489 e. The molecule has 1 aliphatic heterocycles. The van der Waals surface area contributed by atoms with Gasteiger partial charge in [0.2, 0.25) is 0 Å². The first-order valence-electron chi connectivity index (χ1n) is 4.59. The third-order valence-corrected chi connectivity index (χ3v) is 2.38. The molecule has 1 aromatic carbocycles. The van der Waals surface area contributed by atoms with Gasteiger partial charge in [0.1, 0.15) is 0 Å². The fourth-order valence-corrected chi connectivity index (χ4v) is 1.69. The second kappa shape index (κ2) is 5.45. The Balaban J connectivity index is 0.00000112. The van der Waals surface area contributed by atoms with E-state index in [1.807, 2.05) is 12.1 Å². The molecule has 2 rings (SSSR count). The summed E-state index contributed by atoms with van der Waals surface area (Å²) in [7, 11) is 0. The maximum Gasteiger partial charge on any atom is 0.179 e. The Bertz CT molecular complexity index is 344. The molecule has 1 aliphatic rings. The molecule has 1 aromatic rings. The van der Waals surface area contributed by atoms with Gasteiger partial charge in [-0.1, -0.05) is 11.6 Å². The number of ether oxygens (including phenoxy) is 2. The Labute approximate surface area is 99.9 Å². The number of fused-ring (bicyclic) bond motifs is 1. The first-order chi connectivity index (χ1) is 6.81. The number of rotatable bonds is 1. The maximum absolute atomic E-state index is 6.04. The number of hydrogen-bond donors (Lipinski definition) is 1. The molecular formula is C10H13Cl2NO2. The zero-order valence-corrected chi connectivity index (χ0v) is 9.74. The van der Waals surface area contributed by atoms with Crippen molar-refractivity contribution < 1.29 is 9.47 Å². The number of benzene rings is 1. The Morgan fingerprint density at radius 1 is 1.27 bits per heavy atom. The Hall–Kier alpha value is -0.640. The van der Waals surface area contributed by atoms with Gasteiger partial charge in [0.25, 0.3) is 0 Å². The molecule has 84 valence electrons. The molecule has 15 heavy (non-hydrogen) atoms. The molecule has 0 amide bonds. The number of halogens is 2. The minimum absolute atomic E-state index is 0. The number of nitrogens with two attached hydrogens (primary N) is 1. The van der Waals surface area contributed by atoms with Crippen LogP contribution in [0.25, 0.3) is 0 Å². The average Bonchev–Trinajstić information content (AvgIpc) is 2.42. The van der Waals surface area contributed by atoms with Crippen LogP contribution in [-0.4, -0.2) is 13.2 Å². The summed E-state index contributed by atoms with van der Waals surface area (Å²) >= 11 is 6.04. The van der Waals surface area contributed by atoms with E-state index in [4.69, 9.17) is 26.8 Å². The maximum atomic E-state index is 6.04. The molecule has 0 bridgehead atoms. The van der Waals surface area contributed by atoms with E-state index in [1.165, 1.54) is 0 Å². The van der Waals surface area contributed by atoms with Gasteiger partial charge in [-0.05, 0) is 17.7 Å². The molecule has 0 unspecified atom stereocenters. The first-order valence-corrected chi connectivity index (χ1v) is 4.97. The van der Waals surface area contributed by atoms with Gasteiger partial charge >= 0.3 is 0 Å². The van der Waals surface area contributed by atoms with E-state index in [2.05, 4.69) is 0 Å². The largest absolute Gasteiger partial charge is 0.489 e. The monoisotopic (exact) mass is 249 g/mol. The molecule has 3 nitrogen and oxygen atoms in total. The van der Waals surface area contributed by atoms with Gasteiger partial charge in [0.05, 0.1) is 18.2 Å². The minimum atomic E-state index is 0. The fourth-order valence-electron chi connectivity index (χ4n) is 1.40. The normalized spacial score (nSPS) is 14.0. The van der Waals surface area contributed by atoms with Crippen molar-refractivity contribution in [1.29, 1.82) is 0 Å². The summed E-state index contributed by atoms with van der Waals surface area (Å²) < 4.78 is 11.0. The summed E-state index contributed by atoms with van der Waals surface area (Å²) in [6.07, 6.45) is 0.878. The van der Waals surface area contributed by atoms with E-state index >= 15 is 0 Å². The van der Waals surface area contributed by atoms with Crippen LogP contribution < -0.4 is 15.2 Å². The van der Waals surface area contributed by atoms with Crippen LogP contribution >= 0.6 is 24.0 Å². The molecule has 0 radical (unpaired) electrons. The molecule has 5 heteroatoms. The van der Waals surface area contributed by atoms with Crippen molar-refractivity contribution in [2.75, 3.05) is 13.2 Å². The number of hydrogen-bond acceptors (Lipinski definition) is 3. The third kappa shape index (κ3) is 2.68. The quantitative estimate of drug-likeness (QED) is 0.832. The van der Waals surface area contributed by atoms with Crippen LogP contribution in [0.5, 0.6) is 11.5 Å². The molecule has 1 heterocycles. The van der Waals surface area contributed by atoms with E-state index < -0.39 is 0 Å². The molecule has 0 atom stereocenters. The molecule has 0 saturated heterocycles. The van der Waals surface area contributed by atoms with Crippen LogP contribution in [0.3, 0.4) is 0 Å². The van der Waals surface area contributed by atoms with Crippen molar-refractivity contribution >= 4 is 24.0 Å². The Morgan fingerprint density at radius 2 is 2.00 bits per heavy atom. The van der Waals surface area contributed by atoms with E-state index in [-0.39, 0.29) is 12.4 Å². The lowest BCUT2D eigenvalue weighted by Crippen LogP contribution is -1.99. The highest BCUT2D eigenvalue weighted by Gasteiger charge is 2.14. The SMILES string of the molecule is Cl.NCc1cc(Cl)c2c(c1)OCCCO2. The predicted molar refractivity (Wildman–Crippen MR) is 62.2 cm³/mol. The summed E-state index contributed by atoms with van der Waals surface area (Å²) in [4.78, 5) is 0. The Morgan fingerprint density at radius 3 is 2.73 bits per heavy atom. The highest BCUT2D eigenvalue weighted by Crippen LogP contribution is 2.37. The summed E-state index contributed by atoms with van der Waals surface area (Å²) in [6, 6.07) is 3.70. The van der Waals surface area contributed by atoms with Crippen LogP contribution in [0.1, 0.15) is 12.0 Å². The van der Waals surface area contributed by atoms with Gasteiger partial charge in [0.15, 0.2) is 11.5 Å². The van der Waals surface area contributed by atoms with E-state index in [1.54, 1.807) is 0 Å². The summed E-state index contributed by atoms with van der Waals surface area (Å²) in [6.45, 7) is 1.77. The van der Waals surface area contributed by atoms with Gasteiger partial charge in [-0.2, -0.15) is 0 Å². The van der Waals surface area contributed by atoms with Crippen LogP contribution in [0.4, 0.5) is 0 Å². The van der Waals surface area contributed by atoms with Gasteiger partial charge in [-0.15, -0.1) is 12.4 Å². The van der Waals surface area contributed by atoms with Crippen molar-refractivity contribution in [3.8, 4) is 11.5 Å². The van der Waals surface area contributed by atoms with E-state index in [0.717, 1.165) is 12.0 Å². The van der Waals surface area contributed by atoms with Crippen LogP contribution in [0.15, 0.2) is 12.1 Å². The van der Waals surface area contributed by atoms with Crippen LogP contribution in [0, 0.1) is 0 Å². The van der Waals surface area contributed by atoms with Crippen molar-refractivity contribution in [2.24, 2.45) is 5.73 Å². The summed E-state index contributed by atoms with van der Waals surface area (Å²) in [5.74, 6) is 1.34. The van der Waals surface area contributed by atoms with Gasteiger partial charge in [0, 0.05) is 13.0 Å². The van der Waals surface area contributed by atoms with Crippen molar-refractivity contribution in [3.05, 3.63) is 22.7 Å². The molecule has 0 aliphatic carbocycles. The second-order valence-corrected chi connectivity index (χ2v) is 3.57.